The third kappa shape index (κ3) is 1.41. The number of hydrogen-bond donors (Lipinski definition) is 1. The number of hydrogen-bond acceptors (Lipinski definition) is 3. The van der Waals surface area contributed by atoms with Crippen LogP contribution < -0.4 is 0 Å². The zero-order valence-corrected chi connectivity index (χ0v) is 9.74. The van der Waals surface area contributed by atoms with Crippen molar-refractivity contribution in [3.05, 3.63) is 27.6 Å². The van der Waals surface area contributed by atoms with Crippen molar-refractivity contribution in [2.75, 3.05) is 0 Å². The van der Waals surface area contributed by atoms with E-state index in [-0.39, 0.29) is 5.56 Å². The summed E-state index contributed by atoms with van der Waals surface area (Å²) in [6, 6.07) is 0. The van der Waals surface area contributed by atoms with Gasteiger partial charge in [-0.25, -0.2) is 14.3 Å². The summed E-state index contributed by atoms with van der Waals surface area (Å²) in [5, 5.41) is 13.1. The Kier molecular flexibility index (Phi) is 2.22. The summed E-state index contributed by atoms with van der Waals surface area (Å²) in [5.41, 5.74) is 1.91. The van der Waals surface area contributed by atoms with Gasteiger partial charge in [-0.05, 0) is 29.8 Å². The molecule has 0 unspecified atom stereocenters. The van der Waals surface area contributed by atoms with Crippen LogP contribution in [-0.2, 0) is 0 Å². The molecule has 0 atom stereocenters. The summed E-state index contributed by atoms with van der Waals surface area (Å²) in [5.74, 6) is -0.981. The van der Waals surface area contributed by atoms with E-state index in [0.29, 0.717) is 17.0 Å². The van der Waals surface area contributed by atoms with Crippen molar-refractivity contribution in [2.24, 2.45) is 0 Å². The van der Waals surface area contributed by atoms with Crippen LogP contribution >= 0.6 is 15.9 Å². The van der Waals surface area contributed by atoms with Crippen molar-refractivity contribution in [2.45, 2.75) is 13.8 Å². The van der Waals surface area contributed by atoms with Gasteiger partial charge in [0.2, 0.25) is 0 Å². The van der Waals surface area contributed by atoms with Crippen LogP contribution in [0, 0.1) is 13.8 Å². The summed E-state index contributed by atoms with van der Waals surface area (Å²) in [4.78, 5) is 15.2. The lowest BCUT2D eigenvalue weighted by Crippen LogP contribution is -2.10. The quantitative estimate of drug-likeness (QED) is 0.858. The van der Waals surface area contributed by atoms with Gasteiger partial charge in [0.25, 0.3) is 0 Å². The predicted molar refractivity (Wildman–Crippen MR) is 57.1 cm³/mol. The number of fused-ring (bicyclic) bond motifs is 1. The highest BCUT2D eigenvalue weighted by Crippen LogP contribution is 2.20. The van der Waals surface area contributed by atoms with Crippen LogP contribution in [0.15, 0.2) is 10.7 Å². The zero-order chi connectivity index (χ0) is 11.2. The first-order chi connectivity index (χ1) is 7.02. The Labute approximate surface area is 93.9 Å². The Morgan fingerprint density at radius 3 is 2.80 bits per heavy atom. The molecule has 2 aromatic heterocycles. The molecular formula is C9H8BrN3O2. The molecule has 0 aromatic carbocycles. The van der Waals surface area contributed by atoms with E-state index in [1.165, 1.54) is 4.52 Å². The molecule has 0 aliphatic rings. The molecular weight excluding hydrogens is 262 g/mol. The normalized spacial score (nSPS) is 10.9. The van der Waals surface area contributed by atoms with Crippen molar-refractivity contribution in [3.8, 4) is 0 Å². The maximum atomic E-state index is 11.0. The third-order valence-corrected chi connectivity index (χ3v) is 2.79. The number of halogens is 1. The zero-order valence-electron chi connectivity index (χ0n) is 8.15. The SMILES string of the molecule is Cc1nc2c(Br)cnn2c(C)c1C(=O)O. The van der Waals surface area contributed by atoms with E-state index in [1.807, 2.05) is 0 Å². The van der Waals surface area contributed by atoms with Gasteiger partial charge in [0.15, 0.2) is 5.65 Å². The van der Waals surface area contributed by atoms with E-state index in [1.54, 1.807) is 20.0 Å². The Morgan fingerprint density at radius 2 is 2.20 bits per heavy atom. The van der Waals surface area contributed by atoms with Crippen LogP contribution in [0.1, 0.15) is 21.7 Å². The van der Waals surface area contributed by atoms with Gasteiger partial charge < -0.3 is 5.11 Å². The third-order valence-electron chi connectivity index (χ3n) is 2.23. The van der Waals surface area contributed by atoms with Crippen molar-refractivity contribution in [1.82, 2.24) is 14.6 Å². The fourth-order valence-corrected chi connectivity index (χ4v) is 1.91. The van der Waals surface area contributed by atoms with Crippen LogP contribution in [0.5, 0.6) is 0 Å². The van der Waals surface area contributed by atoms with E-state index in [9.17, 15) is 4.79 Å². The number of carbonyl (C=O) groups is 1. The van der Waals surface area contributed by atoms with Crippen LogP contribution in [0.3, 0.4) is 0 Å². The van der Waals surface area contributed by atoms with E-state index >= 15 is 0 Å². The molecule has 0 saturated carbocycles. The highest BCUT2D eigenvalue weighted by molar-refractivity contribution is 9.10. The molecule has 2 heterocycles. The van der Waals surface area contributed by atoms with Crippen LogP contribution in [0.25, 0.3) is 5.65 Å². The monoisotopic (exact) mass is 269 g/mol. The lowest BCUT2D eigenvalue weighted by molar-refractivity contribution is 0.0694. The summed E-state index contributed by atoms with van der Waals surface area (Å²) < 4.78 is 2.27. The predicted octanol–water partition coefficient (Wildman–Crippen LogP) is 1.81. The Morgan fingerprint density at radius 1 is 1.53 bits per heavy atom. The summed E-state index contributed by atoms with van der Waals surface area (Å²) in [6.07, 6.45) is 1.60. The maximum absolute atomic E-state index is 11.0. The maximum Gasteiger partial charge on any atom is 0.339 e. The van der Waals surface area contributed by atoms with E-state index < -0.39 is 5.97 Å². The van der Waals surface area contributed by atoms with Crippen molar-refractivity contribution in [3.63, 3.8) is 0 Å². The van der Waals surface area contributed by atoms with Gasteiger partial charge in [0.1, 0.15) is 5.56 Å². The summed E-state index contributed by atoms with van der Waals surface area (Å²) in [7, 11) is 0. The minimum absolute atomic E-state index is 0.207. The fraction of sp³-hybridized carbons (Fsp3) is 0.222. The highest BCUT2D eigenvalue weighted by atomic mass is 79.9. The van der Waals surface area contributed by atoms with E-state index in [2.05, 4.69) is 26.0 Å². The smallest absolute Gasteiger partial charge is 0.339 e. The first-order valence-corrected chi connectivity index (χ1v) is 5.05. The topological polar surface area (TPSA) is 67.5 Å². The second kappa shape index (κ2) is 3.30. The molecule has 0 radical (unpaired) electrons. The molecule has 0 spiro atoms. The van der Waals surface area contributed by atoms with Crippen LogP contribution in [0.2, 0.25) is 0 Å². The molecule has 5 nitrogen and oxygen atoms in total. The average molecular weight is 270 g/mol. The lowest BCUT2D eigenvalue weighted by Gasteiger charge is -2.06. The molecule has 0 bridgehead atoms. The first-order valence-electron chi connectivity index (χ1n) is 4.26. The van der Waals surface area contributed by atoms with E-state index in [4.69, 9.17) is 5.11 Å². The highest BCUT2D eigenvalue weighted by Gasteiger charge is 2.17. The number of aryl methyl sites for hydroxylation is 2. The van der Waals surface area contributed by atoms with Crippen molar-refractivity contribution in [1.29, 1.82) is 0 Å². The largest absolute Gasteiger partial charge is 0.478 e. The van der Waals surface area contributed by atoms with Crippen molar-refractivity contribution < 1.29 is 9.90 Å². The summed E-state index contributed by atoms with van der Waals surface area (Å²) in [6.45, 7) is 3.39. The van der Waals surface area contributed by atoms with Gasteiger partial charge in [0, 0.05) is 0 Å². The second-order valence-corrected chi connectivity index (χ2v) is 4.05. The molecule has 15 heavy (non-hydrogen) atoms. The van der Waals surface area contributed by atoms with Crippen molar-refractivity contribution >= 4 is 27.5 Å². The molecule has 0 fully saturated rings. The molecule has 1 N–H and O–H groups in total. The minimum atomic E-state index is -0.981. The van der Waals surface area contributed by atoms with E-state index in [0.717, 1.165) is 4.47 Å². The van der Waals surface area contributed by atoms with Gasteiger partial charge in [0.05, 0.1) is 22.1 Å². The minimum Gasteiger partial charge on any atom is -0.478 e. The van der Waals surface area contributed by atoms with Crippen LogP contribution in [0.4, 0.5) is 0 Å². The lowest BCUT2D eigenvalue weighted by atomic mass is 10.2. The number of carboxylic acid groups (broad SMARTS) is 1. The average Bonchev–Trinajstić information content (AvgIpc) is 2.47. The Hall–Kier alpha value is -1.43. The van der Waals surface area contributed by atoms with Gasteiger partial charge in [-0.2, -0.15) is 5.10 Å². The molecule has 0 aliphatic carbocycles. The number of rotatable bonds is 1. The van der Waals surface area contributed by atoms with Crippen LogP contribution in [-0.4, -0.2) is 25.7 Å². The molecule has 78 valence electrons. The Balaban J connectivity index is 2.91. The molecule has 0 saturated heterocycles. The van der Waals surface area contributed by atoms with Gasteiger partial charge >= 0.3 is 5.97 Å². The van der Waals surface area contributed by atoms with Gasteiger partial charge in [-0.3, -0.25) is 0 Å². The number of nitrogens with zero attached hydrogens (tertiary/aromatic N) is 3. The van der Waals surface area contributed by atoms with Gasteiger partial charge in [-0.1, -0.05) is 0 Å². The fourth-order valence-electron chi connectivity index (χ4n) is 1.56. The number of aromatic nitrogens is 3. The number of aromatic carboxylic acids is 1. The molecule has 6 heteroatoms. The standard InChI is InChI=1S/C9H8BrN3O2/c1-4-7(9(14)15)5(2)13-8(12-4)6(10)3-11-13/h3H,1-2H3,(H,14,15). The molecule has 0 amide bonds. The number of carboxylic acids is 1. The molecule has 2 aromatic rings. The molecule has 2 rings (SSSR count). The Bertz CT molecular complexity index is 562. The molecule has 0 aliphatic heterocycles. The second-order valence-electron chi connectivity index (χ2n) is 3.19. The first kappa shape index (κ1) is 10.1. The summed E-state index contributed by atoms with van der Waals surface area (Å²) >= 11 is 3.30. The van der Waals surface area contributed by atoms with Gasteiger partial charge in [-0.15, -0.1) is 0 Å².